The summed E-state index contributed by atoms with van der Waals surface area (Å²) >= 11 is 0. The van der Waals surface area contributed by atoms with Crippen molar-refractivity contribution in [1.29, 1.82) is 0 Å². The first kappa shape index (κ1) is 14.4. The van der Waals surface area contributed by atoms with Gasteiger partial charge in [0.15, 0.2) is 11.9 Å². The van der Waals surface area contributed by atoms with Gasteiger partial charge in [-0.25, -0.2) is 4.79 Å². The van der Waals surface area contributed by atoms with Crippen molar-refractivity contribution in [3.63, 3.8) is 0 Å². The molecule has 0 amide bonds. The summed E-state index contributed by atoms with van der Waals surface area (Å²) in [5, 5.41) is 9.35. The van der Waals surface area contributed by atoms with Gasteiger partial charge in [-0.15, -0.1) is 0 Å². The topological polar surface area (TPSA) is 74.2 Å². The standard InChI is InChI=1S/C11H20O6/c1-4-15-10(13)9(12)7-14-5-8-6-16-11(2,3)17-8/h8-9,12H,4-7H2,1-3H3/t8-,9?/m0/s1. The van der Waals surface area contributed by atoms with E-state index in [1.54, 1.807) is 6.92 Å². The van der Waals surface area contributed by atoms with E-state index in [2.05, 4.69) is 4.74 Å². The summed E-state index contributed by atoms with van der Waals surface area (Å²) in [6, 6.07) is 0. The molecular weight excluding hydrogens is 228 g/mol. The fourth-order valence-corrected chi connectivity index (χ4v) is 1.46. The maximum Gasteiger partial charge on any atom is 0.337 e. The number of hydrogen-bond acceptors (Lipinski definition) is 6. The van der Waals surface area contributed by atoms with E-state index >= 15 is 0 Å². The van der Waals surface area contributed by atoms with Gasteiger partial charge in [-0.2, -0.15) is 0 Å². The Bertz CT molecular complexity index is 252. The quantitative estimate of drug-likeness (QED) is 0.671. The van der Waals surface area contributed by atoms with Gasteiger partial charge in [0.1, 0.15) is 6.10 Å². The molecule has 1 N–H and O–H groups in total. The molecule has 6 nitrogen and oxygen atoms in total. The maximum absolute atomic E-state index is 11.1. The molecule has 100 valence electrons. The molecule has 0 aromatic carbocycles. The van der Waals surface area contributed by atoms with Crippen LogP contribution in [0.15, 0.2) is 0 Å². The van der Waals surface area contributed by atoms with Crippen LogP contribution in [0, 0.1) is 0 Å². The summed E-state index contributed by atoms with van der Waals surface area (Å²) in [5.41, 5.74) is 0. The summed E-state index contributed by atoms with van der Waals surface area (Å²) in [6.07, 6.45) is -1.41. The van der Waals surface area contributed by atoms with Crippen molar-refractivity contribution in [1.82, 2.24) is 0 Å². The number of esters is 1. The zero-order valence-corrected chi connectivity index (χ0v) is 10.5. The molecule has 1 saturated heterocycles. The highest BCUT2D eigenvalue weighted by Crippen LogP contribution is 2.22. The number of aliphatic hydroxyl groups excluding tert-OH is 1. The smallest absolute Gasteiger partial charge is 0.337 e. The average molecular weight is 248 g/mol. The summed E-state index contributed by atoms with van der Waals surface area (Å²) in [4.78, 5) is 11.1. The molecule has 6 heteroatoms. The Labute approximate surface area is 101 Å². The third-order valence-corrected chi connectivity index (χ3v) is 2.21. The molecular formula is C11H20O6. The van der Waals surface area contributed by atoms with Crippen LogP contribution in [0.3, 0.4) is 0 Å². The highest BCUT2D eigenvalue weighted by molar-refractivity contribution is 5.74. The summed E-state index contributed by atoms with van der Waals surface area (Å²) < 4.78 is 20.7. The maximum atomic E-state index is 11.1. The molecule has 0 saturated carbocycles. The summed E-state index contributed by atoms with van der Waals surface area (Å²) in [5.74, 6) is -1.26. The zero-order valence-electron chi connectivity index (χ0n) is 10.5. The van der Waals surface area contributed by atoms with E-state index in [0.717, 1.165) is 0 Å². The third-order valence-electron chi connectivity index (χ3n) is 2.21. The molecule has 1 fully saturated rings. The second-order valence-corrected chi connectivity index (χ2v) is 4.26. The van der Waals surface area contributed by atoms with E-state index in [4.69, 9.17) is 14.2 Å². The van der Waals surface area contributed by atoms with E-state index in [1.165, 1.54) is 0 Å². The van der Waals surface area contributed by atoms with E-state index in [-0.39, 0.29) is 25.9 Å². The predicted molar refractivity (Wildman–Crippen MR) is 58.4 cm³/mol. The van der Waals surface area contributed by atoms with Crippen LogP contribution in [-0.2, 0) is 23.7 Å². The van der Waals surface area contributed by atoms with Gasteiger partial charge in [-0.1, -0.05) is 0 Å². The van der Waals surface area contributed by atoms with Crippen LogP contribution in [0.2, 0.25) is 0 Å². The fourth-order valence-electron chi connectivity index (χ4n) is 1.46. The summed E-state index contributed by atoms with van der Waals surface area (Å²) in [7, 11) is 0. The highest BCUT2D eigenvalue weighted by Gasteiger charge is 2.32. The Kier molecular flexibility index (Phi) is 5.32. The molecule has 0 spiro atoms. The molecule has 1 unspecified atom stereocenters. The lowest BCUT2D eigenvalue weighted by Crippen LogP contribution is -2.30. The van der Waals surface area contributed by atoms with Crippen molar-refractivity contribution >= 4 is 5.97 Å². The summed E-state index contributed by atoms with van der Waals surface area (Å²) in [6.45, 7) is 6.18. The number of hydrogen-bond donors (Lipinski definition) is 1. The molecule has 0 aromatic rings. The minimum Gasteiger partial charge on any atom is -0.464 e. The first-order valence-corrected chi connectivity index (χ1v) is 5.69. The Morgan fingerprint density at radius 2 is 2.29 bits per heavy atom. The van der Waals surface area contributed by atoms with E-state index in [9.17, 15) is 9.90 Å². The number of aliphatic hydroxyl groups is 1. The first-order valence-electron chi connectivity index (χ1n) is 5.69. The van der Waals surface area contributed by atoms with Crippen molar-refractivity contribution in [3.8, 4) is 0 Å². The number of ether oxygens (including phenoxy) is 4. The molecule has 0 aromatic heterocycles. The lowest BCUT2D eigenvalue weighted by Gasteiger charge is -2.17. The minimum atomic E-state index is -1.25. The van der Waals surface area contributed by atoms with Crippen molar-refractivity contribution in [2.24, 2.45) is 0 Å². The molecule has 1 aliphatic heterocycles. The van der Waals surface area contributed by atoms with Gasteiger partial charge in [0.2, 0.25) is 0 Å². The molecule has 2 atom stereocenters. The Morgan fingerprint density at radius 1 is 1.59 bits per heavy atom. The third kappa shape index (κ3) is 4.99. The normalized spacial score (nSPS) is 24.6. The van der Waals surface area contributed by atoms with E-state index in [0.29, 0.717) is 6.61 Å². The lowest BCUT2D eigenvalue weighted by molar-refractivity contribution is -0.160. The van der Waals surface area contributed by atoms with Gasteiger partial charge in [0.25, 0.3) is 0 Å². The fraction of sp³-hybridized carbons (Fsp3) is 0.909. The van der Waals surface area contributed by atoms with Crippen LogP contribution in [0.25, 0.3) is 0 Å². The van der Waals surface area contributed by atoms with E-state index in [1.807, 2.05) is 13.8 Å². The van der Waals surface area contributed by atoms with Gasteiger partial charge < -0.3 is 24.1 Å². The average Bonchev–Trinajstić information content (AvgIpc) is 2.58. The van der Waals surface area contributed by atoms with Gasteiger partial charge in [0, 0.05) is 0 Å². The molecule has 0 radical (unpaired) electrons. The predicted octanol–water partition coefficient (Wildman–Crippen LogP) is 0.0785. The van der Waals surface area contributed by atoms with Crippen LogP contribution in [0.4, 0.5) is 0 Å². The molecule has 0 bridgehead atoms. The number of carbonyl (C=O) groups excluding carboxylic acids is 1. The second kappa shape index (κ2) is 6.30. The van der Waals surface area contributed by atoms with Crippen LogP contribution < -0.4 is 0 Å². The molecule has 1 heterocycles. The van der Waals surface area contributed by atoms with Crippen molar-refractivity contribution in [3.05, 3.63) is 0 Å². The zero-order chi connectivity index (χ0) is 12.9. The van der Waals surface area contributed by atoms with Crippen LogP contribution in [-0.4, -0.2) is 55.5 Å². The molecule has 1 aliphatic rings. The Balaban J connectivity index is 2.14. The molecule has 1 rings (SSSR count). The largest absolute Gasteiger partial charge is 0.464 e. The minimum absolute atomic E-state index is 0.0981. The SMILES string of the molecule is CCOC(=O)C(O)COC[C@H]1COC(C)(C)O1. The Morgan fingerprint density at radius 3 is 2.82 bits per heavy atom. The van der Waals surface area contributed by atoms with Crippen LogP contribution in [0.5, 0.6) is 0 Å². The van der Waals surface area contributed by atoms with Crippen molar-refractivity contribution in [2.45, 2.75) is 38.8 Å². The van der Waals surface area contributed by atoms with Gasteiger partial charge in [-0.05, 0) is 20.8 Å². The van der Waals surface area contributed by atoms with Crippen molar-refractivity contribution in [2.75, 3.05) is 26.4 Å². The van der Waals surface area contributed by atoms with E-state index < -0.39 is 17.9 Å². The second-order valence-electron chi connectivity index (χ2n) is 4.26. The lowest BCUT2D eigenvalue weighted by atomic mass is 10.3. The van der Waals surface area contributed by atoms with Crippen LogP contribution in [0.1, 0.15) is 20.8 Å². The number of rotatable bonds is 6. The molecule has 0 aliphatic carbocycles. The monoisotopic (exact) mass is 248 g/mol. The van der Waals surface area contributed by atoms with Gasteiger partial charge in [-0.3, -0.25) is 0 Å². The molecule has 17 heavy (non-hydrogen) atoms. The van der Waals surface area contributed by atoms with Gasteiger partial charge >= 0.3 is 5.97 Å². The Hall–Kier alpha value is -0.690. The first-order chi connectivity index (χ1) is 7.94. The highest BCUT2D eigenvalue weighted by atomic mass is 16.7. The van der Waals surface area contributed by atoms with Gasteiger partial charge in [0.05, 0.1) is 26.4 Å². The van der Waals surface area contributed by atoms with Crippen LogP contribution >= 0.6 is 0 Å². The number of carbonyl (C=O) groups is 1. The van der Waals surface area contributed by atoms with Crippen molar-refractivity contribution < 1.29 is 28.8 Å².